The summed E-state index contributed by atoms with van der Waals surface area (Å²) >= 11 is 0. The molecule has 1 aliphatic carbocycles. The van der Waals surface area contributed by atoms with Gasteiger partial charge in [0.2, 0.25) is 0 Å². The van der Waals surface area contributed by atoms with E-state index in [-0.39, 0.29) is 6.09 Å². The quantitative estimate of drug-likeness (QED) is 0.781. The van der Waals surface area contributed by atoms with E-state index >= 15 is 0 Å². The standard InChI is InChI=1S/C12H24N2O2/c1-3-14(4-2)12(15)16-9-11-7-5-6-10(11)8-13/h10-11H,3-9,13H2,1-2H3. The van der Waals surface area contributed by atoms with E-state index < -0.39 is 0 Å². The second-order valence-corrected chi connectivity index (χ2v) is 4.44. The highest BCUT2D eigenvalue weighted by Crippen LogP contribution is 2.31. The van der Waals surface area contributed by atoms with Crippen LogP contribution in [0.25, 0.3) is 0 Å². The summed E-state index contributed by atoms with van der Waals surface area (Å²) in [5.41, 5.74) is 5.69. The van der Waals surface area contributed by atoms with Crippen LogP contribution in [0.4, 0.5) is 4.79 Å². The molecule has 0 bridgehead atoms. The van der Waals surface area contributed by atoms with Crippen LogP contribution in [-0.2, 0) is 4.74 Å². The van der Waals surface area contributed by atoms with E-state index in [1.54, 1.807) is 4.90 Å². The third kappa shape index (κ3) is 3.37. The molecule has 1 saturated carbocycles. The van der Waals surface area contributed by atoms with Crippen molar-refractivity contribution in [3.63, 3.8) is 0 Å². The van der Waals surface area contributed by atoms with Crippen LogP contribution in [0.5, 0.6) is 0 Å². The fourth-order valence-electron chi connectivity index (χ4n) is 2.39. The summed E-state index contributed by atoms with van der Waals surface area (Å²) in [4.78, 5) is 13.3. The number of hydrogen-bond acceptors (Lipinski definition) is 3. The van der Waals surface area contributed by atoms with Crippen LogP contribution in [0.1, 0.15) is 33.1 Å². The third-order valence-electron chi connectivity index (χ3n) is 3.56. The highest BCUT2D eigenvalue weighted by atomic mass is 16.6. The Hall–Kier alpha value is -0.770. The Labute approximate surface area is 98.1 Å². The Bertz CT molecular complexity index is 217. The van der Waals surface area contributed by atoms with E-state index in [9.17, 15) is 4.79 Å². The summed E-state index contributed by atoms with van der Waals surface area (Å²) in [5, 5.41) is 0. The zero-order valence-corrected chi connectivity index (χ0v) is 10.4. The van der Waals surface area contributed by atoms with Gasteiger partial charge in [0.1, 0.15) is 0 Å². The highest BCUT2D eigenvalue weighted by molar-refractivity contribution is 5.67. The third-order valence-corrected chi connectivity index (χ3v) is 3.56. The Morgan fingerprint density at radius 3 is 2.50 bits per heavy atom. The lowest BCUT2D eigenvalue weighted by atomic mass is 9.97. The Balaban J connectivity index is 2.30. The van der Waals surface area contributed by atoms with Gasteiger partial charge in [-0.05, 0) is 45.1 Å². The van der Waals surface area contributed by atoms with E-state index in [2.05, 4.69) is 0 Å². The molecule has 1 fully saturated rings. The number of carbonyl (C=O) groups excluding carboxylic acids is 1. The molecule has 4 nitrogen and oxygen atoms in total. The van der Waals surface area contributed by atoms with Crippen molar-refractivity contribution in [3.05, 3.63) is 0 Å². The largest absolute Gasteiger partial charge is 0.449 e. The van der Waals surface area contributed by atoms with Crippen LogP contribution in [0.2, 0.25) is 0 Å². The number of hydrogen-bond donors (Lipinski definition) is 1. The number of carbonyl (C=O) groups is 1. The van der Waals surface area contributed by atoms with Crippen molar-refractivity contribution in [1.82, 2.24) is 4.90 Å². The van der Waals surface area contributed by atoms with Crippen molar-refractivity contribution in [3.8, 4) is 0 Å². The SMILES string of the molecule is CCN(CC)C(=O)OCC1CCCC1CN. The second kappa shape index (κ2) is 6.74. The van der Waals surface area contributed by atoms with Gasteiger partial charge in [-0.15, -0.1) is 0 Å². The molecule has 0 heterocycles. The monoisotopic (exact) mass is 228 g/mol. The minimum Gasteiger partial charge on any atom is -0.449 e. The number of amides is 1. The number of ether oxygens (including phenoxy) is 1. The van der Waals surface area contributed by atoms with Gasteiger partial charge >= 0.3 is 6.09 Å². The predicted molar refractivity (Wildman–Crippen MR) is 64.2 cm³/mol. The first-order chi connectivity index (χ1) is 7.72. The molecule has 0 saturated heterocycles. The van der Waals surface area contributed by atoms with Crippen LogP contribution in [0, 0.1) is 11.8 Å². The molecular formula is C12H24N2O2. The van der Waals surface area contributed by atoms with Crippen LogP contribution in [0.15, 0.2) is 0 Å². The predicted octanol–water partition coefficient (Wildman–Crippen LogP) is 1.84. The van der Waals surface area contributed by atoms with Gasteiger partial charge < -0.3 is 15.4 Å². The molecule has 0 spiro atoms. The lowest BCUT2D eigenvalue weighted by Gasteiger charge is -2.22. The second-order valence-electron chi connectivity index (χ2n) is 4.44. The van der Waals surface area contributed by atoms with E-state index in [4.69, 9.17) is 10.5 Å². The van der Waals surface area contributed by atoms with E-state index in [0.717, 1.165) is 6.42 Å². The molecule has 0 aromatic rings. The molecule has 1 amide bonds. The molecule has 2 atom stereocenters. The van der Waals surface area contributed by atoms with E-state index in [1.807, 2.05) is 13.8 Å². The van der Waals surface area contributed by atoms with Gasteiger partial charge in [0.15, 0.2) is 0 Å². The average Bonchev–Trinajstić information content (AvgIpc) is 2.75. The normalized spacial score (nSPS) is 24.4. The maximum atomic E-state index is 11.6. The fourth-order valence-corrected chi connectivity index (χ4v) is 2.39. The number of nitrogens with two attached hydrogens (primary N) is 1. The molecule has 0 radical (unpaired) electrons. The molecule has 0 aliphatic heterocycles. The van der Waals surface area contributed by atoms with Crippen molar-refractivity contribution in [1.29, 1.82) is 0 Å². The number of nitrogens with zero attached hydrogens (tertiary/aromatic N) is 1. The molecule has 2 N–H and O–H groups in total. The van der Waals surface area contributed by atoms with Crippen LogP contribution in [-0.4, -0.2) is 37.2 Å². The van der Waals surface area contributed by atoms with Gasteiger partial charge in [-0.3, -0.25) is 0 Å². The van der Waals surface area contributed by atoms with Crippen LogP contribution >= 0.6 is 0 Å². The summed E-state index contributed by atoms with van der Waals surface area (Å²) in [6, 6.07) is 0. The molecule has 0 aromatic carbocycles. The first-order valence-electron chi connectivity index (χ1n) is 6.34. The topological polar surface area (TPSA) is 55.6 Å². The van der Waals surface area contributed by atoms with Crippen molar-refractivity contribution < 1.29 is 9.53 Å². The molecule has 94 valence electrons. The molecule has 2 unspecified atom stereocenters. The Morgan fingerprint density at radius 2 is 1.94 bits per heavy atom. The van der Waals surface area contributed by atoms with Crippen molar-refractivity contribution in [2.24, 2.45) is 17.6 Å². The zero-order valence-electron chi connectivity index (χ0n) is 10.4. The molecule has 16 heavy (non-hydrogen) atoms. The summed E-state index contributed by atoms with van der Waals surface area (Å²) in [7, 11) is 0. The highest BCUT2D eigenvalue weighted by Gasteiger charge is 2.27. The van der Waals surface area contributed by atoms with Gasteiger partial charge in [-0.2, -0.15) is 0 Å². The summed E-state index contributed by atoms with van der Waals surface area (Å²) in [6.07, 6.45) is 3.36. The van der Waals surface area contributed by atoms with Crippen molar-refractivity contribution >= 4 is 6.09 Å². The van der Waals surface area contributed by atoms with E-state index in [1.165, 1.54) is 12.8 Å². The Kier molecular flexibility index (Phi) is 5.60. The van der Waals surface area contributed by atoms with E-state index in [0.29, 0.717) is 38.1 Å². The van der Waals surface area contributed by atoms with Crippen molar-refractivity contribution in [2.45, 2.75) is 33.1 Å². The zero-order chi connectivity index (χ0) is 12.0. The first-order valence-corrected chi connectivity index (χ1v) is 6.34. The lowest BCUT2D eigenvalue weighted by molar-refractivity contribution is 0.0842. The van der Waals surface area contributed by atoms with Gasteiger partial charge in [-0.1, -0.05) is 6.42 Å². The molecular weight excluding hydrogens is 204 g/mol. The van der Waals surface area contributed by atoms with Gasteiger partial charge in [-0.25, -0.2) is 4.79 Å². The van der Waals surface area contributed by atoms with Gasteiger partial charge in [0.05, 0.1) is 6.61 Å². The smallest absolute Gasteiger partial charge is 0.409 e. The maximum absolute atomic E-state index is 11.6. The first kappa shape index (κ1) is 13.3. The molecule has 0 aromatic heterocycles. The minimum atomic E-state index is -0.187. The average molecular weight is 228 g/mol. The summed E-state index contributed by atoms with van der Waals surface area (Å²) in [5.74, 6) is 1.02. The van der Waals surface area contributed by atoms with Crippen LogP contribution < -0.4 is 5.73 Å². The van der Waals surface area contributed by atoms with Gasteiger partial charge in [0, 0.05) is 13.1 Å². The van der Waals surface area contributed by atoms with Gasteiger partial charge in [0.25, 0.3) is 0 Å². The minimum absolute atomic E-state index is 0.187. The molecule has 1 rings (SSSR count). The lowest BCUT2D eigenvalue weighted by Crippen LogP contribution is -2.33. The maximum Gasteiger partial charge on any atom is 0.409 e. The summed E-state index contributed by atoms with van der Waals surface area (Å²) in [6.45, 7) is 6.59. The number of rotatable bonds is 5. The van der Waals surface area contributed by atoms with Crippen molar-refractivity contribution in [2.75, 3.05) is 26.2 Å². The summed E-state index contributed by atoms with van der Waals surface area (Å²) < 4.78 is 5.33. The molecule has 1 aliphatic rings. The fraction of sp³-hybridized carbons (Fsp3) is 0.917. The van der Waals surface area contributed by atoms with Crippen LogP contribution in [0.3, 0.4) is 0 Å². The Morgan fingerprint density at radius 1 is 1.31 bits per heavy atom. The molecule has 4 heteroatoms.